The second-order valence-corrected chi connectivity index (χ2v) is 8.12. The Labute approximate surface area is 172 Å². The summed E-state index contributed by atoms with van der Waals surface area (Å²) < 4.78 is 6.59. The van der Waals surface area contributed by atoms with E-state index >= 15 is 0 Å². The number of carboxylic acids is 1. The van der Waals surface area contributed by atoms with Crippen LogP contribution in [0.1, 0.15) is 21.6 Å². The molecule has 29 heavy (non-hydrogen) atoms. The van der Waals surface area contributed by atoms with Crippen molar-refractivity contribution in [3.05, 3.63) is 70.7 Å². The summed E-state index contributed by atoms with van der Waals surface area (Å²) in [5.74, 6) is -0.930. The van der Waals surface area contributed by atoms with Crippen LogP contribution in [0.25, 0.3) is 21.0 Å². The summed E-state index contributed by atoms with van der Waals surface area (Å²) in [6.07, 6.45) is 0.712. The molecule has 2 aromatic carbocycles. The third kappa shape index (κ3) is 3.45. The van der Waals surface area contributed by atoms with Crippen molar-refractivity contribution in [2.75, 3.05) is 31.2 Å². The molecule has 2 aromatic heterocycles. The number of thiophene rings is 1. The predicted molar refractivity (Wildman–Crippen MR) is 116 cm³/mol. The summed E-state index contributed by atoms with van der Waals surface area (Å²) >= 11 is 1.67. The Morgan fingerprint density at radius 2 is 1.86 bits per heavy atom. The average molecular weight is 404 g/mol. The van der Waals surface area contributed by atoms with Crippen LogP contribution in [0.2, 0.25) is 0 Å². The number of aromatic carboxylic acids is 1. The number of rotatable bonds is 4. The smallest absolute Gasteiger partial charge is 0.335 e. The summed E-state index contributed by atoms with van der Waals surface area (Å²) in [7, 11) is 0. The highest BCUT2D eigenvalue weighted by Gasteiger charge is 2.14. The molecule has 0 aliphatic carbocycles. The van der Waals surface area contributed by atoms with Gasteiger partial charge in [-0.1, -0.05) is 18.2 Å². The van der Waals surface area contributed by atoms with Gasteiger partial charge in [-0.2, -0.15) is 0 Å². The van der Waals surface area contributed by atoms with Gasteiger partial charge >= 0.3 is 5.97 Å². The molecule has 5 nitrogen and oxygen atoms in total. The van der Waals surface area contributed by atoms with Crippen molar-refractivity contribution in [3.8, 4) is 0 Å². The molecule has 146 valence electrons. The van der Waals surface area contributed by atoms with Gasteiger partial charge in [0.2, 0.25) is 0 Å². The lowest BCUT2D eigenvalue weighted by Crippen LogP contribution is -2.36. The Morgan fingerprint density at radius 3 is 2.62 bits per heavy atom. The van der Waals surface area contributed by atoms with Gasteiger partial charge in [0.25, 0.3) is 0 Å². The third-order valence-electron chi connectivity index (χ3n) is 5.40. The van der Waals surface area contributed by atoms with E-state index in [1.165, 1.54) is 11.3 Å². The molecule has 0 spiro atoms. The number of nitrogens with zero attached hydrogens (tertiary/aromatic N) is 2. The summed E-state index contributed by atoms with van der Waals surface area (Å²) in [6, 6.07) is 15.9. The third-order valence-corrected chi connectivity index (χ3v) is 6.35. The normalized spacial score (nSPS) is 14.6. The molecular weight excluding hydrogens is 384 g/mol. The molecule has 1 fully saturated rings. The molecule has 4 aromatic rings. The van der Waals surface area contributed by atoms with Crippen LogP contribution < -0.4 is 4.90 Å². The van der Waals surface area contributed by atoms with E-state index in [1.54, 1.807) is 23.5 Å². The lowest BCUT2D eigenvalue weighted by atomic mass is 10.0. The van der Waals surface area contributed by atoms with E-state index in [4.69, 9.17) is 9.72 Å². The average Bonchev–Trinajstić information content (AvgIpc) is 3.25. The van der Waals surface area contributed by atoms with Gasteiger partial charge < -0.3 is 14.7 Å². The minimum Gasteiger partial charge on any atom is -0.478 e. The molecule has 0 saturated carbocycles. The first kappa shape index (κ1) is 18.1. The summed E-state index contributed by atoms with van der Waals surface area (Å²) in [5, 5.41) is 13.5. The van der Waals surface area contributed by atoms with Crippen LogP contribution in [-0.4, -0.2) is 42.4 Å². The van der Waals surface area contributed by atoms with Gasteiger partial charge in [0, 0.05) is 40.7 Å². The number of aromatic nitrogens is 1. The van der Waals surface area contributed by atoms with Crippen LogP contribution in [0.5, 0.6) is 0 Å². The Balaban J connectivity index is 1.50. The van der Waals surface area contributed by atoms with E-state index < -0.39 is 5.97 Å². The highest BCUT2D eigenvalue weighted by Crippen LogP contribution is 2.32. The molecule has 1 N–H and O–H groups in total. The van der Waals surface area contributed by atoms with Crippen molar-refractivity contribution in [3.63, 3.8) is 0 Å². The Hall–Kier alpha value is -2.96. The van der Waals surface area contributed by atoms with Crippen LogP contribution in [0.15, 0.2) is 53.9 Å². The van der Waals surface area contributed by atoms with Gasteiger partial charge in [-0.25, -0.2) is 4.79 Å². The number of hydrogen-bond acceptors (Lipinski definition) is 5. The van der Waals surface area contributed by atoms with Crippen molar-refractivity contribution in [1.82, 2.24) is 4.98 Å². The molecule has 1 saturated heterocycles. The number of hydrogen-bond donors (Lipinski definition) is 1. The van der Waals surface area contributed by atoms with E-state index in [1.807, 2.05) is 6.07 Å². The summed E-state index contributed by atoms with van der Waals surface area (Å²) in [4.78, 5) is 18.5. The Morgan fingerprint density at radius 1 is 1.07 bits per heavy atom. The molecule has 0 unspecified atom stereocenters. The zero-order valence-electron chi connectivity index (χ0n) is 15.8. The lowest BCUT2D eigenvalue weighted by molar-refractivity contribution is 0.0697. The molecular formula is C23H20N2O3S. The fraction of sp³-hybridized carbons (Fsp3) is 0.217. The number of pyridine rings is 1. The maximum Gasteiger partial charge on any atom is 0.335 e. The van der Waals surface area contributed by atoms with Crippen LogP contribution in [-0.2, 0) is 11.2 Å². The fourth-order valence-corrected chi connectivity index (χ4v) is 4.83. The molecule has 1 aliphatic heterocycles. The molecule has 3 heterocycles. The van der Waals surface area contributed by atoms with Crippen LogP contribution >= 0.6 is 11.3 Å². The van der Waals surface area contributed by atoms with Gasteiger partial charge in [-0.05, 0) is 41.3 Å². The fourth-order valence-electron chi connectivity index (χ4n) is 3.87. The monoisotopic (exact) mass is 404 g/mol. The van der Waals surface area contributed by atoms with E-state index in [2.05, 4.69) is 40.6 Å². The highest BCUT2D eigenvalue weighted by atomic mass is 32.1. The summed E-state index contributed by atoms with van der Waals surface area (Å²) in [5.41, 5.74) is 4.39. The standard InChI is InChI=1S/C23H20N2O3S/c26-23(27)16-3-6-18-21(14-16)24-20(19-7-12-29-22(18)19)13-15-1-4-17(5-2-15)25-8-10-28-11-9-25/h1-7,12,14H,8-11,13H2,(H,26,27). The maximum atomic E-state index is 11.4. The number of morpholine rings is 1. The molecule has 0 amide bonds. The maximum absolute atomic E-state index is 11.4. The number of carbonyl (C=O) groups is 1. The van der Waals surface area contributed by atoms with Crippen molar-refractivity contribution in [2.45, 2.75) is 6.42 Å². The number of ether oxygens (including phenoxy) is 1. The van der Waals surface area contributed by atoms with Crippen LogP contribution in [0.3, 0.4) is 0 Å². The Kier molecular flexibility index (Phi) is 4.66. The van der Waals surface area contributed by atoms with Crippen molar-refractivity contribution < 1.29 is 14.6 Å². The van der Waals surface area contributed by atoms with Gasteiger partial charge in [0.15, 0.2) is 0 Å². The van der Waals surface area contributed by atoms with Crippen molar-refractivity contribution in [2.24, 2.45) is 0 Å². The molecule has 0 bridgehead atoms. The molecule has 1 aliphatic rings. The van der Waals surface area contributed by atoms with Gasteiger partial charge in [0.05, 0.1) is 30.0 Å². The SMILES string of the molecule is O=C(O)c1ccc2c(c1)nc(Cc1ccc(N3CCOCC3)cc1)c1ccsc12. The molecule has 0 atom stereocenters. The van der Waals surface area contributed by atoms with Gasteiger partial charge in [-0.3, -0.25) is 4.98 Å². The van der Waals surface area contributed by atoms with Gasteiger partial charge in [-0.15, -0.1) is 11.3 Å². The largest absolute Gasteiger partial charge is 0.478 e. The van der Waals surface area contributed by atoms with E-state index in [0.29, 0.717) is 6.42 Å². The number of fused-ring (bicyclic) bond motifs is 3. The highest BCUT2D eigenvalue weighted by molar-refractivity contribution is 7.18. The first-order chi connectivity index (χ1) is 14.2. The second kappa shape index (κ2) is 7.46. The minimum absolute atomic E-state index is 0.265. The first-order valence-electron chi connectivity index (χ1n) is 9.64. The van der Waals surface area contributed by atoms with Crippen molar-refractivity contribution in [1.29, 1.82) is 0 Å². The Bertz CT molecular complexity index is 1190. The number of anilines is 1. The van der Waals surface area contributed by atoms with Crippen molar-refractivity contribution >= 4 is 44.0 Å². The molecule has 0 radical (unpaired) electrons. The number of benzene rings is 2. The molecule has 5 rings (SSSR count). The quantitative estimate of drug-likeness (QED) is 0.540. The summed E-state index contributed by atoms with van der Waals surface area (Å²) in [6.45, 7) is 3.40. The molecule has 6 heteroatoms. The number of carboxylic acid groups (broad SMARTS) is 1. The minimum atomic E-state index is -0.930. The topological polar surface area (TPSA) is 62.7 Å². The van der Waals surface area contributed by atoms with E-state index in [-0.39, 0.29) is 5.56 Å². The predicted octanol–water partition coefficient (Wildman–Crippen LogP) is 4.58. The lowest BCUT2D eigenvalue weighted by Gasteiger charge is -2.28. The van der Waals surface area contributed by atoms with Crippen LogP contribution in [0, 0.1) is 0 Å². The second-order valence-electron chi connectivity index (χ2n) is 7.20. The first-order valence-corrected chi connectivity index (χ1v) is 10.5. The van der Waals surface area contributed by atoms with E-state index in [9.17, 15) is 9.90 Å². The van der Waals surface area contributed by atoms with E-state index in [0.717, 1.165) is 53.0 Å². The zero-order valence-corrected chi connectivity index (χ0v) is 16.6. The zero-order chi connectivity index (χ0) is 19.8. The van der Waals surface area contributed by atoms with Gasteiger partial charge in [0.1, 0.15) is 0 Å². The van der Waals surface area contributed by atoms with Crippen LogP contribution in [0.4, 0.5) is 5.69 Å².